The van der Waals surface area contributed by atoms with Gasteiger partial charge in [0.2, 0.25) is 5.78 Å². The molecule has 0 saturated heterocycles. The number of benzene rings is 1. The summed E-state index contributed by atoms with van der Waals surface area (Å²) in [5.41, 5.74) is 8.65. The first kappa shape index (κ1) is 17.3. The van der Waals surface area contributed by atoms with Crippen molar-refractivity contribution in [2.45, 2.75) is 19.8 Å². The van der Waals surface area contributed by atoms with Crippen LogP contribution in [0.25, 0.3) is 0 Å². The first-order valence-electron chi connectivity index (χ1n) is 7.67. The lowest BCUT2D eigenvalue weighted by atomic mass is 10.0. The fourth-order valence-electron chi connectivity index (χ4n) is 2.33. The molecule has 1 aromatic carbocycles. The Morgan fingerprint density at radius 3 is 2.56 bits per heavy atom. The van der Waals surface area contributed by atoms with Gasteiger partial charge in [-0.1, -0.05) is 30.4 Å². The van der Waals surface area contributed by atoms with Crippen LogP contribution in [0.4, 0.5) is 16.6 Å². The molecule has 0 aliphatic carbocycles. The molecule has 0 radical (unpaired) electrons. The number of thiazole rings is 1. The molecule has 3 N–H and O–H groups in total. The average Bonchev–Trinajstić information content (AvgIpc) is 3.20. The van der Waals surface area contributed by atoms with E-state index in [4.69, 9.17) is 5.73 Å². The molecule has 128 valence electrons. The lowest BCUT2D eigenvalue weighted by Crippen LogP contribution is -2.01. The Hall–Kier alpha value is -2.51. The van der Waals surface area contributed by atoms with Crippen LogP contribution in [0.2, 0.25) is 0 Å². The summed E-state index contributed by atoms with van der Waals surface area (Å²) in [6.45, 7) is 3.75. The van der Waals surface area contributed by atoms with Crippen LogP contribution in [-0.4, -0.2) is 17.1 Å². The Kier molecular flexibility index (Phi) is 4.96. The predicted molar refractivity (Wildman–Crippen MR) is 103 cm³/mol. The zero-order chi connectivity index (χ0) is 18.0. The van der Waals surface area contributed by atoms with Crippen molar-refractivity contribution in [3.63, 3.8) is 0 Å². The Balaban J connectivity index is 1.80. The van der Waals surface area contributed by atoms with E-state index in [0.29, 0.717) is 14.9 Å². The molecule has 25 heavy (non-hydrogen) atoms. The number of nitrogens with two attached hydrogens (primary N) is 1. The number of hydrogen-bond donors (Lipinski definition) is 2. The average molecular weight is 371 g/mol. The van der Waals surface area contributed by atoms with Crippen molar-refractivity contribution in [2.75, 3.05) is 11.1 Å². The molecule has 1 unspecified atom stereocenters. The van der Waals surface area contributed by atoms with Crippen molar-refractivity contribution in [1.29, 1.82) is 0 Å². The maximum Gasteiger partial charge on any atom is 0.217 e. The Morgan fingerprint density at radius 1 is 1.24 bits per heavy atom. The molecule has 3 aromatic rings. The zero-order valence-electron chi connectivity index (χ0n) is 13.8. The highest BCUT2D eigenvalue weighted by molar-refractivity contribution is 7.19. The number of rotatable bonds is 6. The van der Waals surface area contributed by atoms with Gasteiger partial charge in [0.1, 0.15) is 17.0 Å². The zero-order valence-corrected chi connectivity index (χ0v) is 15.4. The van der Waals surface area contributed by atoms with Crippen LogP contribution in [-0.2, 0) is 4.79 Å². The third-order valence-electron chi connectivity index (χ3n) is 3.82. The van der Waals surface area contributed by atoms with Gasteiger partial charge in [-0.2, -0.15) is 0 Å². The van der Waals surface area contributed by atoms with Gasteiger partial charge in [-0.25, -0.2) is 4.98 Å². The maximum absolute atomic E-state index is 12.6. The molecule has 0 fully saturated rings. The van der Waals surface area contributed by atoms with Crippen molar-refractivity contribution >= 4 is 51.4 Å². The third kappa shape index (κ3) is 3.62. The van der Waals surface area contributed by atoms with Gasteiger partial charge in [0, 0.05) is 11.6 Å². The molecule has 5 nitrogen and oxygen atoms in total. The number of aryl methyl sites for hydroxylation is 1. The molecule has 2 heterocycles. The van der Waals surface area contributed by atoms with E-state index >= 15 is 0 Å². The first-order chi connectivity index (χ1) is 12.0. The van der Waals surface area contributed by atoms with Crippen LogP contribution in [0.15, 0.2) is 35.7 Å². The van der Waals surface area contributed by atoms with E-state index in [1.807, 2.05) is 49.6 Å². The van der Waals surface area contributed by atoms with Gasteiger partial charge in [-0.05, 0) is 41.6 Å². The molecule has 0 saturated carbocycles. The summed E-state index contributed by atoms with van der Waals surface area (Å²) in [5, 5.41) is 5.61. The highest BCUT2D eigenvalue weighted by atomic mass is 32.1. The molecule has 3 rings (SSSR count). The first-order valence-corrected chi connectivity index (χ1v) is 9.36. The second-order valence-corrected chi connectivity index (χ2v) is 7.58. The Bertz CT molecular complexity index is 913. The summed E-state index contributed by atoms with van der Waals surface area (Å²) < 4.78 is 0. The maximum atomic E-state index is 12.6. The molecule has 0 amide bonds. The van der Waals surface area contributed by atoms with Gasteiger partial charge in [-0.3, -0.25) is 4.79 Å². The standard InChI is InChI=1S/C18H17N3O2S2/c1-10-7-8-24-15(10)14(23)16-17(19)21-18(25-16)20-13-5-3-12(4-6-13)11(2)9-22/h3-9,11H,19H2,1-2H3,(H,20,21). The lowest BCUT2D eigenvalue weighted by Gasteiger charge is -2.06. The van der Waals surface area contributed by atoms with E-state index < -0.39 is 0 Å². The van der Waals surface area contributed by atoms with E-state index in [-0.39, 0.29) is 17.5 Å². The van der Waals surface area contributed by atoms with Gasteiger partial charge >= 0.3 is 0 Å². The van der Waals surface area contributed by atoms with Gasteiger partial charge in [0.05, 0.1) is 4.88 Å². The molecule has 0 aliphatic heterocycles. The van der Waals surface area contributed by atoms with Gasteiger partial charge in [0.25, 0.3) is 0 Å². The number of anilines is 3. The van der Waals surface area contributed by atoms with Crippen LogP contribution < -0.4 is 11.1 Å². The smallest absolute Gasteiger partial charge is 0.217 e. The molecule has 7 heteroatoms. The van der Waals surface area contributed by atoms with Crippen molar-refractivity contribution < 1.29 is 9.59 Å². The molecule has 0 aliphatic rings. The molecule has 2 aromatic heterocycles. The van der Waals surface area contributed by atoms with Crippen LogP contribution in [0.5, 0.6) is 0 Å². The van der Waals surface area contributed by atoms with E-state index in [2.05, 4.69) is 10.3 Å². The Morgan fingerprint density at radius 2 is 1.96 bits per heavy atom. The van der Waals surface area contributed by atoms with E-state index in [1.54, 1.807) is 0 Å². The number of carbonyl (C=O) groups is 2. The summed E-state index contributed by atoms with van der Waals surface area (Å²) in [6.07, 6.45) is 0.911. The summed E-state index contributed by atoms with van der Waals surface area (Å²) in [6, 6.07) is 9.44. The Labute approximate surface area is 153 Å². The number of nitrogens with zero attached hydrogens (tertiary/aromatic N) is 1. The largest absolute Gasteiger partial charge is 0.382 e. The van der Waals surface area contributed by atoms with E-state index in [1.165, 1.54) is 22.7 Å². The van der Waals surface area contributed by atoms with Crippen LogP contribution in [0, 0.1) is 6.92 Å². The second kappa shape index (κ2) is 7.16. The quantitative estimate of drug-likeness (QED) is 0.496. The minimum absolute atomic E-state index is 0.0919. The van der Waals surface area contributed by atoms with Crippen molar-refractivity contribution in [3.05, 3.63) is 56.6 Å². The number of nitrogen functional groups attached to an aromatic ring is 1. The third-order valence-corrected chi connectivity index (χ3v) is 5.82. The number of ketones is 1. The number of aromatic nitrogens is 1. The van der Waals surface area contributed by atoms with Crippen LogP contribution in [0.1, 0.15) is 38.5 Å². The summed E-state index contributed by atoms with van der Waals surface area (Å²) in [4.78, 5) is 28.8. The number of aldehydes is 1. The predicted octanol–water partition coefficient (Wildman–Crippen LogP) is 4.37. The number of carbonyl (C=O) groups excluding carboxylic acids is 2. The SMILES string of the molecule is Cc1ccsc1C(=O)c1sc(Nc2ccc(C(C)C=O)cc2)nc1N. The van der Waals surface area contributed by atoms with E-state index in [0.717, 1.165) is 23.1 Å². The monoisotopic (exact) mass is 371 g/mol. The minimum atomic E-state index is -0.136. The van der Waals surface area contributed by atoms with Gasteiger partial charge in [-0.15, -0.1) is 11.3 Å². The topological polar surface area (TPSA) is 85.1 Å². The molecule has 0 spiro atoms. The molecule has 0 bridgehead atoms. The molecule has 1 atom stereocenters. The van der Waals surface area contributed by atoms with Crippen molar-refractivity contribution in [3.8, 4) is 0 Å². The number of nitrogens with one attached hydrogen (secondary N) is 1. The minimum Gasteiger partial charge on any atom is -0.382 e. The molecular formula is C18H17N3O2S2. The van der Waals surface area contributed by atoms with Crippen molar-refractivity contribution in [2.24, 2.45) is 0 Å². The summed E-state index contributed by atoms with van der Waals surface area (Å²) >= 11 is 2.64. The van der Waals surface area contributed by atoms with Gasteiger partial charge < -0.3 is 15.8 Å². The summed E-state index contributed by atoms with van der Waals surface area (Å²) in [5.74, 6) is 0.00465. The highest BCUT2D eigenvalue weighted by Crippen LogP contribution is 2.31. The fourth-order valence-corrected chi connectivity index (χ4v) is 4.12. The van der Waals surface area contributed by atoms with Gasteiger partial charge in [0.15, 0.2) is 5.13 Å². The van der Waals surface area contributed by atoms with Crippen molar-refractivity contribution in [1.82, 2.24) is 4.98 Å². The molecular weight excluding hydrogens is 354 g/mol. The summed E-state index contributed by atoms with van der Waals surface area (Å²) in [7, 11) is 0. The normalized spacial score (nSPS) is 11.9. The highest BCUT2D eigenvalue weighted by Gasteiger charge is 2.20. The fraction of sp³-hybridized carbons (Fsp3) is 0.167. The lowest BCUT2D eigenvalue weighted by molar-refractivity contribution is -0.108. The van der Waals surface area contributed by atoms with Crippen LogP contribution in [0.3, 0.4) is 0 Å². The van der Waals surface area contributed by atoms with Crippen LogP contribution >= 0.6 is 22.7 Å². The second-order valence-electron chi connectivity index (χ2n) is 5.67. The number of hydrogen-bond acceptors (Lipinski definition) is 7. The number of thiophene rings is 1. The van der Waals surface area contributed by atoms with E-state index in [9.17, 15) is 9.59 Å².